The Morgan fingerprint density at radius 1 is 1.06 bits per heavy atom. The number of hydrogen-bond donors (Lipinski definition) is 1. The molecule has 2 amide bonds. The van der Waals surface area contributed by atoms with Crippen LogP contribution in [0.4, 0.5) is 18.9 Å². The maximum atomic E-state index is 13.4. The van der Waals surface area contributed by atoms with E-state index in [9.17, 15) is 31.2 Å². The van der Waals surface area contributed by atoms with Gasteiger partial charge in [-0.05, 0) is 48.7 Å². The summed E-state index contributed by atoms with van der Waals surface area (Å²) < 4.78 is 66.1. The van der Waals surface area contributed by atoms with E-state index in [1.54, 1.807) is 24.3 Å². The Morgan fingerprint density at radius 2 is 1.67 bits per heavy atom. The van der Waals surface area contributed by atoms with Gasteiger partial charge in [0.2, 0.25) is 21.8 Å². The van der Waals surface area contributed by atoms with Gasteiger partial charge < -0.3 is 10.2 Å². The van der Waals surface area contributed by atoms with Crippen LogP contribution in [0.25, 0.3) is 0 Å². The Labute approximate surface area is 217 Å². The van der Waals surface area contributed by atoms with E-state index in [-0.39, 0.29) is 18.2 Å². The van der Waals surface area contributed by atoms with Crippen molar-refractivity contribution < 1.29 is 31.2 Å². The summed E-state index contributed by atoms with van der Waals surface area (Å²) in [6, 6.07) is 9.76. The molecule has 0 radical (unpaired) electrons. The third-order valence-electron chi connectivity index (χ3n) is 5.26. The standard InChI is InChI=1S/C24H29BrF3N3O4S/c1-16(2)13-29-23(33)17(3)30(14-18-8-10-20(25)11-9-18)22(32)15-31(36(4,34)35)21-7-5-6-19(12-21)24(26,27)28/h5-12,16-17H,13-15H2,1-4H3,(H,29,33)/t17-/m0/s1. The highest BCUT2D eigenvalue weighted by Crippen LogP contribution is 2.32. The van der Waals surface area contributed by atoms with Crippen molar-refractivity contribution in [2.24, 2.45) is 5.92 Å². The average molecular weight is 592 g/mol. The SMILES string of the molecule is CC(C)CNC(=O)[C@H](C)N(Cc1ccc(Br)cc1)C(=O)CN(c1cccc(C(F)(F)F)c1)S(C)(=O)=O. The zero-order chi connectivity index (χ0) is 27.3. The molecule has 0 bridgehead atoms. The highest BCUT2D eigenvalue weighted by molar-refractivity contribution is 9.10. The number of carbonyl (C=O) groups excluding carboxylic acids is 2. The second-order valence-corrected chi connectivity index (χ2v) is 11.6. The molecule has 0 aliphatic rings. The molecule has 0 unspecified atom stereocenters. The fraction of sp³-hybridized carbons (Fsp3) is 0.417. The van der Waals surface area contributed by atoms with Crippen LogP contribution in [0.2, 0.25) is 0 Å². The second kappa shape index (κ2) is 12.1. The largest absolute Gasteiger partial charge is 0.416 e. The number of nitrogens with zero attached hydrogens (tertiary/aromatic N) is 2. The molecule has 12 heteroatoms. The van der Waals surface area contributed by atoms with E-state index in [2.05, 4.69) is 21.2 Å². The minimum Gasteiger partial charge on any atom is -0.354 e. The molecule has 36 heavy (non-hydrogen) atoms. The molecule has 2 aromatic rings. The van der Waals surface area contributed by atoms with E-state index in [4.69, 9.17) is 0 Å². The molecule has 0 saturated carbocycles. The van der Waals surface area contributed by atoms with Crippen molar-refractivity contribution in [2.75, 3.05) is 23.7 Å². The van der Waals surface area contributed by atoms with E-state index in [0.29, 0.717) is 22.5 Å². The summed E-state index contributed by atoms with van der Waals surface area (Å²) in [6.45, 7) is 4.93. The molecule has 7 nitrogen and oxygen atoms in total. The lowest BCUT2D eigenvalue weighted by Gasteiger charge is -2.31. The van der Waals surface area contributed by atoms with Crippen molar-refractivity contribution in [1.82, 2.24) is 10.2 Å². The monoisotopic (exact) mass is 591 g/mol. The highest BCUT2D eigenvalue weighted by Gasteiger charge is 2.33. The number of rotatable bonds is 10. The van der Waals surface area contributed by atoms with Crippen LogP contribution < -0.4 is 9.62 Å². The zero-order valence-corrected chi connectivity index (χ0v) is 22.7. The summed E-state index contributed by atoms with van der Waals surface area (Å²) in [6.07, 6.45) is -3.89. The highest BCUT2D eigenvalue weighted by atomic mass is 79.9. The Morgan fingerprint density at radius 3 is 2.19 bits per heavy atom. The molecule has 1 atom stereocenters. The van der Waals surface area contributed by atoms with Crippen LogP contribution in [0, 0.1) is 5.92 Å². The molecule has 0 saturated heterocycles. The maximum Gasteiger partial charge on any atom is 0.416 e. The number of carbonyl (C=O) groups is 2. The molecule has 0 aromatic heterocycles. The van der Waals surface area contributed by atoms with Gasteiger partial charge in [0.05, 0.1) is 17.5 Å². The van der Waals surface area contributed by atoms with E-state index in [0.717, 1.165) is 22.9 Å². The fourth-order valence-electron chi connectivity index (χ4n) is 3.27. The van der Waals surface area contributed by atoms with Crippen molar-refractivity contribution in [1.29, 1.82) is 0 Å². The third kappa shape index (κ3) is 8.51. The van der Waals surface area contributed by atoms with Crippen molar-refractivity contribution in [3.63, 3.8) is 0 Å². The Hall–Kier alpha value is -2.60. The van der Waals surface area contributed by atoms with Gasteiger partial charge in [0, 0.05) is 17.6 Å². The molecule has 1 N–H and O–H groups in total. The zero-order valence-electron chi connectivity index (χ0n) is 20.3. The number of sulfonamides is 1. The van der Waals surface area contributed by atoms with Crippen LogP contribution in [-0.2, 0) is 32.3 Å². The van der Waals surface area contributed by atoms with Gasteiger partial charge in [-0.1, -0.05) is 48.0 Å². The number of amides is 2. The maximum absolute atomic E-state index is 13.4. The van der Waals surface area contributed by atoms with E-state index >= 15 is 0 Å². The lowest BCUT2D eigenvalue weighted by atomic mass is 10.1. The van der Waals surface area contributed by atoms with Crippen molar-refractivity contribution in [2.45, 2.75) is 39.5 Å². The number of hydrogen-bond acceptors (Lipinski definition) is 4. The van der Waals surface area contributed by atoms with Crippen molar-refractivity contribution >= 4 is 43.5 Å². The first kappa shape index (κ1) is 29.6. The molecule has 0 aliphatic heterocycles. The smallest absolute Gasteiger partial charge is 0.354 e. The summed E-state index contributed by atoms with van der Waals surface area (Å²) in [5.74, 6) is -1.01. The molecule has 0 heterocycles. The van der Waals surface area contributed by atoms with Crippen LogP contribution in [0.15, 0.2) is 53.0 Å². The van der Waals surface area contributed by atoms with Gasteiger partial charge in [-0.2, -0.15) is 13.2 Å². The Bertz CT molecular complexity index is 1170. The average Bonchev–Trinajstić information content (AvgIpc) is 2.78. The van der Waals surface area contributed by atoms with E-state index in [1.165, 1.54) is 17.9 Å². The molecule has 2 rings (SSSR count). The molecule has 0 aliphatic carbocycles. The molecule has 0 spiro atoms. The lowest BCUT2D eigenvalue weighted by Crippen LogP contribution is -2.51. The number of nitrogens with one attached hydrogen (secondary N) is 1. The Kier molecular flexibility index (Phi) is 9.95. The van der Waals surface area contributed by atoms with Crippen molar-refractivity contribution in [3.05, 3.63) is 64.1 Å². The summed E-state index contributed by atoms with van der Waals surface area (Å²) in [4.78, 5) is 27.4. The number of alkyl halides is 3. The first-order valence-corrected chi connectivity index (χ1v) is 13.7. The second-order valence-electron chi connectivity index (χ2n) is 8.78. The Balaban J connectivity index is 2.41. The summed E-state index contributed by atoms with van der Waals surface area (Å²) in [5.41, 5.74) is -0.671. The summed E-state index contributed by atoms with van der Waals surface area (Å²) >= 11 is 3.33. The van der Waals surface area contributed by atoms with Gasteiger partial charge in [-0.3, -0.25) is 13.9 Å². The number of anilines is 1. The third-order valence-corrected chi connectivity index (χ3v) is 6.93. The van der Waals surface area contributed by atoms with Gasteiger partial charge in [0.15, 0.2) is 0 Å². The van der Waals surface area contributed by atoms with Gasteiger partial charge in [-0.15, -0.1) is 0 Å². The predicted molar refractivity (Wildman–Crippen MR) is 136 cm³/mol. The lowest BCUT2D eigenvalue weighted by molar-refractivity contribution is -0.139. The normalized spacial score (nSPS) is 12.8. The quantitative estimate of drug-likeness (QED) is 0.443. The first-order valence-electron chi connectivity index (χ1n) is 11.1. The number of benzene rings is 2. The van der Waals surface area contributed by atoms with Gasteiger partial charge in [-0.25, -0.2) is 8.42 Å². The van der Waals surface area contributed by atoms with Crippen LogP contribution >= 0.6 is 15.9 Å². The topological polar surface area (TPSA) is 86.8 Å². The minimum absolute atomic E-state index is 0.0113. The molecular formula is C24H29BrF3N3O4S. The fourth-order valence-corrected chi connectivity index (χ4v) is 4.38. The molecule has 198 valence electrons. The minimum atomic E-state index is -4.69. The molecule has 2 aromatic carbocycles. The number of halogens is 4. The van der Waals surface area contributed by atoms with E-state index < -0.39 is 46.2 Å². The van der Waals surface area contributed by atoms with Crippen LogP contribution in [0.3, 0.4) is 0 Å². The van der Waals surface area contributed by atoms with Gasteiger partial charge in [0.25, 0.3) is 0 Å². The van der Waals surface area contributed by atoms with Crippen molar-refractivity contribution in [3.8, 4) is 0 Å². The molecule has 0 fully saturated rings. The molecular weight excluding hydrogens is 563 g/mol. The predicted octanol–water partition coefficient (Wildman–Crippen LogP) is 4.42. The van der Waals surface area contributed by atoms with E-state index in [1.807, 2.05) is 13.8 Å². The van der Waals surface area contributed by atoms with Crippen LogP contribution in [0.5, 0.6) is 0 Å². The van der Waals surface area contributed by atoms with Crippen LogP contribution in [0.1, 0.15) is 31.9 Å². The summed E-state index contributed by atoms with van der Waals surface area (Å²) in [7, 11) is -4.14. The van der Waals surface area contributed by atoms with Crippen LogP contribution in [-0.4, -0.2) is 50.5 Å². The summed E-state index contributed by atoms with van der Waals surface area (Å²) in [5, 5.41) is 2.75. The first-order chi connectivity index (χ1) is 16.6. The van der Waals surface area contributed by atoms with Gasteiger partial charge >= 0.3 is 6.18 Å². The van der Waals surface area contributed by atoms with Gasteiger partial charge in [0.1, 0.15) is 12.6 Å².